The fourth-order valence-electron chi connectivity index (χ4n) is 4.62. The zero-order valence-electron chi connectivity index (χ0n) is 20.2. The van der Waals surface area contributed by atoms with Crippen LogP contribution in [0, 0.1) is 0 Å². The zero-order valence-corrected chi connectivity index (χ0v) is 21.0. The standard InChI is InChI=1S/C25H31N5O4S/c1-4-17(19-11-8-12-35-19)27-20-21(25(34)30(24(20)33)15-9-6-5-7-10-15)28-18-14-26-13-16(22(18)31)23(32)29(2)3/h8,11-15,17,27-28H,4-7,9-10H2,1-3H3,(H,26,31)/t17-/m1/s1. The molecule has 0 aromatic carbocycles. The van der Waals surface area contributed by atoms with Gasteiger partial charge < -0.3 is 20.5 Å². The lowest BCUT2D eigenvalue weighted by atomic mass is 9.94. The fourth-order valence-corrected chi connectivity index (χ4v) is 5.48. The highest BCUT2D eigenvalue weighted by Crippen LogP contribution is 2.32. The lowest BCUT2D eigenvalue weighted by molar-refractivity contribution is -0.141. The molecular weight excluding hydrogens is 466 g/mol. The fraction of sp³-hybridized carbons (Fsp3) is 0.440. The number of H-pyrrole nitrogens is 1. The Morgan fingerprint density at radius 1 is 1.14 bits per heavy atom. The molecule has 2 aliphatic rings. The first-order valence-corrected chi connectivity index (χ1v) is 12.8. The molecule has 1 aliphatic heterocycles. The normalized spacial score (nSPS) is 17.6. The molecule has 0 spiro atoms. The van der Waals surface area contributed by atoms with Gasteiger partial charge in [0.1, 0.15) is 22.6 Å². The Kier molecular flexibility index (Phi) is 7.39. The zero-order chi connectivity index (χ0) is 25.1. The number of thiophene rings is 1. The number of carbonyl (C=O) groups excluding carboxylic acids is 3. The number of hydrogen-bond acceptors (Lipinski definition) is 7. The van der Waals surface area contributed by atoms with Gasteiger partial charge in [0.2, 0.25) is 5.43 Å². The van der Waals surface area contributed by atoms with Crippen molar-refractivity contribution < 1.29 is 14.4 Å². The van der Waals surface area contributed by atoms with Crippen LogP contribution in [0.2, 0.25) is 0 Å². The average Bonchev–Trinajstić information content (AvgIpc) is 3.46. The highest BCUT2D eigenvalue weighted by molar-refractivity contribution is 7.10. The number of rotatable bonds is 8. The van der Waals surface area contributed by atoms with Gasteiger partial charge in [-0.05, 0) is 30.7 Å². The van der Waals surface area contributed by atoms with Gasteiger partial charge in [-0.25, -0.2) is 0 Å². The van der Waals surface area contributed by atoms with Crippen molar-refractivity contribution in [3.63, 3.8) is 0 Å². The number of imide groups is 1. The second-order valence-electron chi connectivity index (χ2n) is 9.08. The third kappa shape index (κ3) is 4.88. The summed E-state index contributed by atoms with van der Waals surface area (Å²) in [7, 11) is 3.12. The molecule has 0 radical (unpaired) electrons. The van der Waals surface area contributed by atoms with E-state index in [2.05, 4.69) is 15.6 Å². The van der Waals surface area contributed by atoms with Crippen LogP contribution in [0.5, 0.6) is 0 Å². The molecule has 0 unspecified atom stereocenters. The van der Waals surface area contributed by atoms with E-state index < -0.39 is 17.2 Å². The van der Waals surface area contributed by atoms with E-state index in [4.69, 9.17) is 0 Å². The van der Waals surface area contributed by atoms with E-state index in [1.165, 1.54) is 22.2 Å². The molecule has 10 heteroatoms. The number of pyridine rings is 1. The van der Waals surface area contributed by atoms with E-state index in [0.29, 0.717) is 6.42 Å². The Labute approximate surface area is 208 Å². The van der Waals surface area contributed by atoms with Gasteiger partial charge in [-0.15, -0.1) is 11.3 Å². The molecular formula is C25H31N5O4S. The molecule has 1 fully saturated rings. The van der Waals surface area contributed by atoms with Gasteiger partial charge in [-0.2, -0.15) is 0 Å². The van der Waals surface area contributed by atoms with Crippen molar-refractivity contribution in [3.05, 3.63) is 62.0 Å². The summed E-state index contributed by atoms with van der Waals surface area (Å²) in [5.74, 6) is -1.28. The molecule has 9 nitrogen and oxygen atoms in total. The molecule has 0 bridgehead atoms. The molecule has 1 saturated carbocycles. The average molecular weight is 498 g/mol. The maximum Gasteiger partial charge on any atom is 0.279 e. The van der Waals surface area contributed by atoms with Gasteiger partial charge in [0, 0.05) is 37.4 Å². The molecule has 186 valence electrons. The minimum absolute atomic E-state index is 0.0304. The number of carbonyl (C=O) groups is 3. The molecule has 2 aromatic rings. The number of aromatic amines is 1. The van der Waals surface area contributed by atoms with Gasteiger partial charge in [-0.3, -0.25) is 24.1 Å². The van der Waals surface area contributed by atoms with E-state index in [1.807, 2.05) is 24.4 Å². The second kappa shape index (κ2) is 10.5. The number of anilines is 1. The lowest BCUT2D eigenvalue weighted by Gasteiger charge is -2.30. The van der Waals surface area contributed by atoms with Gasteiger partial charge in [0.25, 0.3) is 17.7 Å². The molecule has 1 atom stereocenters. The number of nitrogens with zero attached hydrogens (tertiary/aromatic N) is 2. The number of amides is 3. The maximum absolute atomic E-state index is 13.6. The van der Waals surface area contributed by atoms with Crippen LogP contribution >= 0.6 is 11.3 Å². The summed E-state index contributed by atoms with van der Waals surface area (Å²) >= 11 is 1.57. The minimum Gasteiger partial charge on any atom is -0.371 e. The van der Waals surface area contributed by atoms with Crippen molar-refractivity contribution in [2.75, 3.05) is 19.4 Å². The topological polar surface area (TPSA) is 115 Å². The van der Waals surface area contributed by atoms with Crippen LogP contribution in [-0.4, -0.2) is 52.6 Å². The smallest absolute Gasteiger partial charge is 0.279 e. The van der Waals surface area contributed by atoms with Crippen molar-refractivity contribution >= 4 is 34.7 Å². The Morgan fingerprint density at radius 3 is 2.49 bits per heavy atom. The summed E-state index contributed by atoms with van der Waals surface area (Å²) in [4.78, 5) is 59.2. The van der Waals surface area contributed by atoms with Crippen LogP contribution < -0.4 is 16.1 Å². The summed E-state index contributed by atoms with van der Waals surface area (Å²) in [6.07, 6.45) is 8.01. The van der Waals surface area contributed by atoms with Crippen LogP contribution in [0.1, 0.15) is 66.7 Å². The van der Waals surface area contributed by atoms with E-state index in [9.17, 15) is 19.2 Å². The molecule has 4 rings (SSSR count). The molecule has 0 saturated heterocycles. The number of hydrogen-bond donors (Lipinski definition) is 3. The highest BCUT2D eigenvalue weighted by Gasteiger charge is 2.43. The summed E-state index contributed by atoms with van der Waals surface area (Å²) in [6, 6.07) is 3.60. The third-order valence-corrected chi connectivity index (χ3v) is 7.50. The Bertz CT molecular complexity index is 1190. The summed E-state index contributed by atoms with van der Waals surface area (Å²) in [5.41, 5.74) is -0.375. The maximum atomic E-state index is 13.6. The SMILES string of the molecule is CC[C@@H](NC1=C(Nc2c[nH]cc(C(=O)N(C)C)c2=O)C(=O)N(C2CCCCC2)C1=O)c1cccs1. The first-order valence-electron chi connectivity index (χ1n) is 11.9. The summed E-state index contributed by atoms with van der Waals surface area (Å²) in [6.45, 7) is 2.01. The molecule has 35 heavy (non-hydrogen) atoms. The quantitative estimate of drug-likeness (QED) is 0.483. The van der Waals surface area contributed by atoms with Crippen LogP contribution in [0.4, 0.5) is 5.69 Å². The lowest BCUT2D eigenvalue weighted by Crippen LogP contribution is -2.43. The molecule has 3 heterocycles. The van der Waals surface area contributed by atoms with Gasteiger partial charge in [0.15, 0.2) is 0 Å². The molecule has 3 N–H and O–H groups in total. The first kappa shape index (κ1) is 24.7. The monoisotopic (exact) mass is 497 g/mol. The van der Waals surface area contributed by atoms with Crippen molar-refractivity contribution in [3.8, 4) is 0 Å². The first-order chi connectivity index (χ1) is 16.8. The van der Waals surface area contributed by atoms with E-state index in [-0.39, 0.29) is 40.6 Å². The molecule has 1 aliphatic carbocycles. The van der Waals surface area contributed by atoms with Crippen molar-refractivity contribution in [1.82, 2.24) is 20.1 Å². The predicted octanol–water partition coefficient (Wildman–Crippen LogP) is 3.20. The van der Waals surface area contributed by atoms with Crippen LogP contribution in [0.3, 0.4) is 0 Å². The van der Waals surface area contributed by atoms with Crippen molar-refractivity contribution in [2.24, 2.45) is 0 Å². The van der Waals surface area contributed by atoms with Crippen molar-refractivity contribution in [1.29, 1.82) is 0 Å². The Balaban J connectivity index is 1.73. The highest BCUT2D eigenvalue weighted by atomic mass is 32.1. The Morgan fingerprint density at radius 2 is 1.86 bits per heavy atom. The van der Waals surface area contributed by atoms with E-state index in [0.717, 1.165) is 37.0 Å². The molecule has 3 amide bonds. The number of nitrogens with one attached hydrogen (secondary N) is 3. The summed E-state index contributed by atoms with van der Waals surface area (Å²) in [5, 5.41) is 8.17. The third-order valence-electron chi connectivity index (χ3n) is 6.51. The van der Waals surface area contributed by atoms with Gasteiger partial charge >= 0.3 is 0 Å². The minimum atomic E-state index is -0.545. The van der Waals surface area contributed by atoms with Gasteiger partial charge in [0.05, 0.1) is 6.04 Å². The predicted molar refractivity (Wildman–Crippen MR) is 135 cm³/mol. The van der Waals surface area contributed by atoms with Crippen LogP contribution in [0.15, 0.2) is 46.1 Å². The summed E-state index contributed by atoms with van der Waals surface area (Å²) < 4.78 is 0. The second-order valence-corrected chi connectivity index (χ2v) is 10.1. The van der Waals surface area contributed by atoms with E-state index >= 15 is 0 Å². The van der Waals surface area contributed by atoms with E-state index in [1.54, 1.807) is 25.4 Å². The van der Waals surface area contributed by atoms with Gasteiger partial charge in [-0.1, -0.05) is 32.3 Å². The number of aromatic nitrogens is 1. The Hall–Kier alpha value is -3.40. The van der Waals surface area contributed by atoms with Crippen LogP contribution in [0.25, 0.3) is 0 Å². The van der Waals surface area contributed by atoms with Crippen LogP contribution in [-0.2, 0) is 9.59 Å². The largest absolute Gasteiger partial charge is 0.371 e. The molecule has 2 aromatic heterocycles. The van der Waals surface area contributed by atoms with Crippen molar-refractivity contribution in [2.45, 2.75) is 57.5 Å².